The predicted molar refractivity (Wildman–Crippen MR) is 172 cm³/mol. The summed E-state index contributed by atoms with van der Waals surface area (Å²) in [6, 6.07) is 8.48. The molecule has 0 amide bonds. The van der Waals surface area contributed by atoms with E-state index in [4.69, 9.17) is 17.2 Å². The topological polar surface area (TPSA) is 51.4 Å². The van der Waals surface area contributed by atoms with Crippen molar-refractivity contribution in [2.75, 3.05) is 17.6 Å². The van der Waals surface area contributed by atoms with Gasteiger partial charge in [0.25, 0.3) is 0 Å². The van der Waals surface area contributed by atoms with Crippen molar-refractivity contribution >= 4 is 39.9 Å². The Labute approximate surface area is 242 Å². The number of rotatable bonds is 16. The average molecular weight is 553 g/mol. The van der Waals surface area contributed by atoms with Gasteiger partial charge in [0.15, 0.2) is 10.3 Å². The van der Waals surface area contributed by atoms with Crippen molar-refractivity contribution < 1.29 is 0 Å². The van der Waals surface area contributed by atoms with Crippen LogP contribution in [0.15, 0.2) is 47.5 Å². The van der Waals surface area contributed by atoms with Gasteiger partial charge < -0.3 is 5.32 Å². The summed E-state index contributed by atoms with van der Waals surface area (Å²) in [7, 11) is 0. The van der Waals surface area contributed by atoms with Gasteiger partial charge in [-0.2, -0.15) is 5.26 Å². The lowest BCUT2D eigenvalue weighted by atomic mass is 10.0. The zero-order valence-electron chi connectivity index (χ0n) is 24.0. The number of nitrogens with one attached hydrogen (secondary N) is 1. The van der Waals surface area contributed by atoms with E-state index in [2.05, 4.69) is 68.3 Å². The number of thioether (sulfide) groups is 1. The minimum atomic E-state index is 0.294. The van der Waals surface area contributed by atoms with Crippen LogP contribution in [0.25, 0.3) is 0 Å². The van der Waals surface area contributed by atoms with E-state index < -0.39 is 0 Å². The lowest BCUT2D eigenvalue weighted by Gasteiger charge is -2.25. The number of aryl methyl sites for hydroxylation is 1. The highest BCUT2D eigenvalue weighted by molar-refractivity contribution is 8.14. The Bertz CT molecular complexity index is 976. The van der Waals surface area contributed by atoms with E-state index in [0.29, 0.717) is 22.6 Å². The summed E-state index contributed by atoms with van der Waals surface area (Å²) in [5, 5.41) is 14.4. The predicted octanol–water partition coefficient (Wildman–Crippen LogP) is 9.28. The quantitative estimate of drug-likeness (QED) is 0.126. The van der Waals surface area contributed by atoms with Crippen molar-refractivity contribution in [2.24, 2.45) is 10.9 Å². The molecule has 1 N–H and O–H groups in total. The summed E-state index contributed by atoms with van der Waals surface area (Å²) in [5.41, 5.74) is 2.61. The molecule has 0 aromatic heterocycles. The summed E-state index contributed by atoms with van der Waals surface area (Å²) in [6.45, 7) is 9.64. The molecule has 0 radical (unpaired) electrons. The molecule has 1 saturated heterocycles. The Balaban J connectivity index is 1.71. The SMILES string of the molecule is CCCCCCC=CCC=CCCCCC(C)CN=C1SCC(C)N1C(=S)Nc1ccc(CC)c(C#N)c1. The normalized spacial score (nSPS) is 17.5. The van der Waals surface area contributed by atoms with Crippen molar-refractivity contribution in [3.8, 4) is 6.07 Å². The van der Waals surface area contributed by atoms with E-state index >= 15 is 0 Å². The number of nitrogens with zero attached hydrogens (tertiary/aromatic N) is 3. The van der Waals surface area contributed by atoms with Crippen molar-refractivity contribution in [3.63, 3.8) is 0 Å². The van der Waals surface area contributed by atoms with Gasteiger partial charge in [-0.15, -0.1) is 0 Å². The average Bonchev–Trinajstić information content (AvgIpc) is 3.30. The first-order valence-corrected chi connectivity index (χ1v) is 16.0. The second-order valence-corrected chi connectivity index (χ2v) is 11.7. The molecule has 1 aliphatic rings. The van der Waals surface area contributed by atoms with Crippen LogP contribution in [-0.2, 0) is 6.42 Å². The van der Waals surface area contributed by atoms with E-state index in [1.54, 1.807) is 11.8 Å². The zero-order chi connectivity index (χ0) is 27.6. The summed E-state index contributed by atoms with van der Waals surface area (Å²) in [6.07, 6.45) is 22.6. The Morgan fingerprint density at radius 2 is 1.89 bits per heavy atom. The van der Waals surface area contributed by atoms with Gasteiger partial charge in [0, 0.05) is 24.0 Å². The molecule has 2 unspecified atom stereocenters. The van der Waals surface area contributed by atoms with Crippen molar-refractivity contribution in [1.82, 2.24) is 4.90 Å². The molecule has 1 aliphatic heterocycles. The highest BCUT2D eigenvalue weighted by atomic mass is 32.2. The van der Waals surface area contributed by atoms with Crippen molar-refractivity contribution in [2.45, 2.75) is 104 Å². The second kappa shape index (κ2) is 19.0. The number of hydrogen-bond donors (Lipinski definition) is 1. The first-order valence-electron chi connectivity index (χ1n) is 14.6. The maximum atomic E-state index is 9.45. The van der Waals surface area contributed by atoms with E-state index in [1.807, 2.05) is 18.2 Å². The van der Waals surface area contributed by atoms with Crippen molar-refractivity contribution in [3.05, 3.63) is 53.6 Å². The summed E-state index contributed by atoms with van der Waals surface area (Å²) in [4.78, 5) is 7.10. The third kappa shape index (κ3) is 11.7. The number of thiocarbonyl (C=S) groups is 1. The van der Waals surface area contributed by atoms with Gasteiger partial charge >= 0.3 is 0 Å². The minimum absolute atomic E-state index is 0.294. The lowest BCUT2D eigenvalue weighted by Crippen LogP contribution is -2.40. The molecular weight excluding hydrogens is 505 g/mol. The molecule has 0 aliphatic carbocycles. The van der Waals surface area contributed by atoms with Gasteiger partial charge in [0.05, 0.1) is 11.6 Å². The summed E-state index contributed by atoms with van der Waals surface area (Å²) >= 11 is 7.55. The van der Waals surface area contributed by atoms with Gasteiger partial charge in [-0.25, -0.2) is 0 Å². The van der Waals surface area contributed by atoms with E-state index in [9.17, 15) is 5.26 Å². The number of aliphatic imine (C=N–C) groups is 1. The van der Waals surface area contributed by atoms with Crippen LogP contribution in [0.3, 0.4) is 0 Å². The molecule has 1 fully saturated rings. The largest absolute Gasteiger partial charge is 0.332 e. The third-order valence-corrected chi connectivity index (χ3v) is 8.40. The first kappa shape index (κ1) is 32.1. The molecule has 38 heavy (non-hydrogen) atoms. The van der Waals surface area contributed by atoms with Gasteiger partial charge in [0.1, 0.15) is 0 Å². The number of anilines is 1. The number of hydrogen-bond acceptors (Lipinski definition) is 4. The molecule has 2 rings (SSSR count). The summed E-state index contributed by atoms with van der Waals surface area (Å²) < 4.78 is 0. The molecule has 0 spiro atoms. The van der Waals surface area contributed by atoms with Crippen LogP contribution in [0.5, 0.6) is 0 Å². The lowest BCUT2D eigenvalue weighted by molar-refractivity contribution is 0.500. The Morgan fingerprint density at radius 3 is 2.58 bits per heavy atom. The standard InChI is InChI=1S/C32H48N4S2/c1-5-7-8-9-10-11-12-13-14-15-16-17-18-19-26(3)24-34-32-36(27(4)25-38-32)31(37)35-30-21-20-28(6-2)29(22-30)23-33/h11-12,14-15,20-22,26-27H,5-10,13,16-19,24-25H2,1-4H3,(H,35,37). The highest BCUT2D eigenvalue weighted by Crippen LogP contribution is 2.26. The van der Waals surface area contributed by atoms with Gasteiger partial charge in [-0.05, 0) is 87.7 Å². The zero-order valence-corrected chi connectivity index (χ0v) is 25.7. The molecule has 1 aromatic rings. The van der Waals surface area contributed by atoms with Gasteiger partial charge in [-0.3, -0.25) is 9.89 Å². The molecule has 1 aromatic carbocycles. The Kier molecular flexibility index (Phi) is 16.1. The number of unbranched alkanes of at least 4 members (excludes halogenated alkanes) is 6. The van der Waals surface area contributed by atoms with Crippen LogP contribution in [0.1, 0.15) is 103 Å². The molecule has 2 atom stereocenters. The smallest absolute Gasteiger partial charge is 0.179 e. The van der Waals surface area contributed by atoms with Crippen LogP contribution >= 0.6 is 24.0 Å². The number of amidine groups is 1. The minimum Gasteiger partial charge on any atom is -0.332 e. The molecule has 0 saturated carbocycles. The molecule has 4 nitrogen and oxygen atoms in total. The van der Waals surface area contributed by atoms with Crippen LogP contribution in [0, 0.1) is 17.2 Å². The fourth-order valence-corrected chi connectivity index (χ4v) is 6.02. The number of nitriles is 1. The number of benzene rings is 1. The molecule has 208 valence electrons. The maximum absolute atomic E-state index is 9.45. The van der Waals surface area contributed by atoms with Crippen LogP contribution in [-0.4, -0.2) is 33.5 Å². The summed E-state index contributed by atoms with van der Waals surface area (Å²) in [5.74, 6) is 1.54. The van der Waals surface area contributed by atoms with Crippen molar-refractivity contribution in [1.29, 1.82) is 5.26 Å². The monoisotopic (exact) mass is 552 g/mol. The third-order valence-electron chi connectivity index (χ3n) is 6.87. The highest BCUT2D eigenvalue weighted by Gasteiger charge is 2.30. The van der Waals surface area contributed by atoms with Crippen LogP contribution < -0.4 is 5.32 Å². The second-order valence-electron chi connectivity index (χ2n) is 10.3. The Hall–Kier alpha value is -2.10. The van der Waals surface area contributed by atoms with Crippen LogP contribution in [0.4, 0.5) is 5.69 Å². The van der Waals surface area contributed by atoms with E-state index in [0.717, 1.165) is 41.6 Å². The van der Waals surface area contributed by atoms with E-state index in [1.165, 1.54) is 57.8 Å². The molecule has 0 bridgehead atoms. The van der Waals surface area contributed by atoms with Crippen LogP contribution in [0.2, 0.25) is 0 Å². The molecule has 1 heterocycles. The fraction of sp³-hybridized carbons (Fsp3) is 0.594. The van der Waals surface area contributed by atoms with Gasteiger partial charge in [0.2, 0.25) is 0 Å². The van der Waals surface area contributed by atoms with E-state index in [-0.39, 0.29) is 0 Å². The molecule has 6 heteroatoms. The fourth-order valence-electron chi connectivity index (χ4n) is 4.46. The number of allylic oxidation sites excluding steroid dienone is 4. The first-order chi connectivity index (χ1) is 18.5. The maximum Gasteiger partial charge on any atom is 0.179 e. The van der Waals surface area contributed by atoms with Gasteiger partial charge in [-0.1, -0.05) is 88.6 Å². The Morgan fingerprint density at radius 1 is 1.16 bits per heavy atom. The molecular formula is C32H48N4S2.